The molecule has 1 aliphatic rings. The summed E-state index contributed by atoms with van der Waals surface area (Å²) in [6.45, 7) is 7.62. The van der Waals surface area contributed by atoms with Gasteiger partial charge < -0.3 is 10.2 Å². The molecular weight excluding hydrogens is 428 g/mol. The molecule has 0 spiro atoms. The van der Waals surface area contributed by atoms with Crippen LogP contribution in [0.5, 0.6) is 0 Å². The van der Waals surface area contributed by atoms with Gasteiger partial charge in [0.25, 0.3) is 0 Å². The molecule has 0 bridgehead atoms. The summed E-state index contributed by atoms with van der Waals surface area (Å²) in [5, 5.41) is 2.88. The highest BCUT2D eigenvalue weighted by molar-refractivity contribution is 7.89. The van der Waals surface area contributed by atoms with Crippen molar-refractivity contribution in [3.05, 3.63) is 59.7 Å². The van der Waals surface area contributed by atoms with Gasteiger partial charge in [0.2, 0.25) is 21.8 Å². The van der Waals surface area contributed by atoms with E-state index in [9.17, 15) is 18.0 Å². The van der Waals surface area contributed by atoms with E-state index in [2.05, 4.69) is 10.0 Å². The van der Waals surface area contributed by atoms with Gasteiger partial charge in [0, 0.05) is 31.9 Å². The molecule has 2 N–H and O–H groups in total. The van der Waals surface area contributed by atoms with Gasteiger partial charge in [0.15, 0.2) is 0 Å². The van der Waals surface area contributed by atoms with Crippen LogP contribution in [-0.2, 0) is 19.6 Å². The Labute approximate surface area is 189 Å². The Bertz CT molecular complexity index is 1040. The molecule has 32 heavy (non-hydrogen) atoms. The number of piperazine rings is 1. The lowest BCUT2D eigenvalue weighted by atomic mass is 10.2. The quantitative estimate of drug-likeness (QED) is 0.659. The van der Waals surface area contributed by atoms with E-state index in [1.807, 2.05) is 43.0 Å². The molecule has 3 rings (SSSR count). The van der Waals surface area contributed by atoms with Crippen LogP contribution in [0, 0.1) is 13.8 Å². The number of hydrogen-bond acceptors (Lipinski definition) is 5. The molecule has 1 heterocycles. The summed E-state index contributed by atoms with van der Waals surface area (Å²) < 4.78 is 27.6. The molecule has 0 aliphatic carbocycles. The van der Waals surface area contributed by atoms with Crippen molar-refractivity contribution < 1.29 is 18.0 Å². The summed E-state index contributed by atoms with van der Waals surface area (Å²) in [4.78, 5) is 28.8. The molecule has 1 fully saturated rings. The number of rotatable bonds is 7. The highest BCUT2D eigenvalue weighted by Crippen LogP contribution is 2.12. The van der Waals surface area contributed by atoms with Crippen molar-refractivity contribution in [1.29, 1.82) is 0 Å². The van der Waals surface area contributed by atoms with Crippen LogP contribution in [0.2, 0.25) is 0 Å². The Morgan fingerprint density at radius 3 is 2.00 bits per heavy atom. The molecule has 0 unspecified atom stereocenters. The standard InChI is InChI=1S/C23H30N4O4S/c1-17-4-8-20(9-5-17)24-22(28)16-26-12-14-27(15-13-26)23(29)19(3)25-32(30,31)21-10-6-18(2)7-11-21/h4-11,19,25H,12-16H2,1-3H3,(H,24,28)/t19-/m1/s1. The monoisotopic (exact) mass is 458 g/mol. The predicted octanol–water partition coefficient (Wildman–Crippen LogP) is 1.75. The molecule has 1 saturated heterocycles. The third-order valence-corrected chi connectivity index (χ3v) is 6.98. The van der Waals surface area contributed by atoms with Crippen molar-refractivity contribution in [1.82, 2.24) is 14.5 Å². The zero-order valence-electron chi connectivity index (χ0n) is 18.7. The molecule has 9 heteroatoms. The fraction of sp³-hybridized carbons (Fsp3) is 0.391. The molecule has 0 radical (unpaired) electrons. The second-order valence-electron chi connectivity index (χ2n) is 8.17. The Morgan fingerprint density at radius 1 is 0.906 bits per heavy atom. The maximum absolute atomic E-state index is 12.8. The highest BCUT2D eigenvalue weighted by Gasteiger charge is 2.28. The zero-order valence-corrected chi connectivity index (χ0v) is 19.5. The van der Waals surface area contributed by atoms with E-state index in [1.54, 1.807) is 24.0 Å². The molecule has 8 nitrogen and oxygen atoms in total. The molecule has 2 aromatic rings. The van der Waals surface area contributed by atoms with E-state index < -0.39 is 16.1 Å². The SMILES string of the molecule is Cc1ccc(NC(=O)CN2CCN(C(=O)[C@@H](C)NS(=O)(=O)c3ccc(C)cc3)CC2)cc1. The van der Waals surface area contributed by atoms with Gasteiger partial charge in [-0.25, -0.2) is 8.42 Å². The number of carbonyl (C=O) groups is 2. The first-order chi connectivity index (χ1) is 15.1. The van der Waals surface area contributed by atoms with Gasteiger partial charge in [-0.2, -0.15) is 4.72 Å². The van der Waals surface area contributed by atoms with Crippen molar-refractivity contribution in [3.8, 4) is 0 Å². The van der Waals surface area contributed by atoms with Gasteiger partial charge in [-0.3, -0.25) is 14.5 Å². The maximum Gasteiger partial charge on any atom is 0.241 e. The topological polar surface area (TPSA) is 98.8 Å². The van der Waals surface area contributed by atoms with Crippen LogP contribution in [0.4, 0.5) is 5.69 Å². The molecular formula is C23H30N4O4S. The molecule has 2 amide bonds. The average Bonchev–Trinajstić information content (AvgIpc) is 2.75. The van der Waals surface area contributed by atoms with E-state index in [4.69, 9.17) is 0 Å². The Hall–Kier alpha value is -2.75. The van der Waals surface area contributed by atoms with E-state index in [1.165, 1.54) is 12.1 Å². The minimum atomic E-state index is -3.78. The lowest BCUT2D eigenvalue weighted by Gasteiger charge is -2.35. The third-order valence-electron chi connectivity index (χ3n) is 5.42. The highest BCUT2D eigenvalue weighted by atomic mass is 32.2. The number of anilines is 1. The van der Waals surface area contributed by atoms with Crippen LogP contribution in [0.1, 0.15) is 18.1 Å². The number of aryl methyl sites for hydroxylation is 2. The number of nitrogens with one attached hydrogen (secondary N) is 2. The van der Waals surface area contributed by atoms with E-state index in [0.717, 1.165) is 16.8 Å². The van der Waals surface area contributed by atoms with Crippen LogP contribution in [0.3, 0.4) is 0 Å². The third kappa shape index (κ3) is 6.38. The number of hydrogen-bond donors (Lipinski definition) is 2. The second-order valence-corrected chi connectivity index (χ2v) is 9.89. The van der Waals surface area contributed by atoms with Crippen molar-refractivity contribution >= 4 is 27.5 Å². The largest absolute Gasteiger partial charge is 0.339 e. The molecule has 172 valence electrons. The van der Waals surface area contributed by atoms with Gasteiger partial charge in [-0.05, 0) is 45.0 Å². The summed E-state index contributed by atoms with van der Waals surface area (Å²) in [5.41, 5.74) is 2.83. The Balaban J connectivity index is 1.47. The van der Waals surface area contributed by atoms with E-state index in [0.29, 0.717) is 26.2 Å². The average molecular weight is 459 g/mol. The van der Waals surface area contributed by atoms with Crippen molar-refractivity contribution in [2.75, 3.05) is 38.0 Å². The van der Waals surface area contributed by atoms with Crippen molar-refractivity contribution in [2.24, 2.45) is 0 Å². The normalized spacial score (nSPS) is 15.9. The van der Waals surface area contributed by atoms with E-state index >= 15 is 0 Å². The number of sulfonamides is 1. The van der Waals surface area contributed by atoms with Crippen molar-refractivity contribution in [3.63, 3.8) is 0 Å². The van der Waals surface area contributed by atoms with Crippen LogP contribution in [0.25, 0.3) is 0 Å². The molecule has 0 saturated carbocycles. The first kappa shape index (κ1) is 23.9. The lowest BCUT2D eigenvalue weighted by molar-refractivity contribution is -0.134. The van der Waals surface area contributed by atoms with Crippen LogP contribution in [0.15, 0.2) is 53.4 Å². The predicted molar refractivity (Wildman–Crippen MR) is 124 cm³/mol. The second kappa shape index (κ2) is 10.2. The van der Waals surface area contributed by atoms with Gasteiger partial charge >= 0.3 is 0 Å². The summed E-state index contributed by atoms with van der Waals surface area (Å²) in [5.74, 6) is -0.378. The van der Waals surface area contributed by atoms with Crippen LogP contribution < -0.4 is 10.0 Å². The van der Waals surface area contributed by atoms with Gasteiger partial charge in [-0.1, -0.05) is 35.4 Å². The Morgan fingerprint density at radius 2 is 1.44 bits per heavy atom. The zero-order chi connectivity index (χ0) is 23.3. The van der Waals surface area contributed by atoms with Gasteiger partial charge in [0.1, 0.15) is 0 Å². The first-order valence-electron chi connectivity index (χ1n) is 10.6. The maximum atomic E-state index is 12.8. The minimum absolute atomic E-state index is 0.104. The molecule has 0 aromatic heterocycles. The summed E-state index contributed by atoms with van der Waals surface area (Å²) in [7, 11) is -3.78. The lowest BCUT2D eigenvalue weighted by Crippen LogP contribution is -2.54. The summed E-state index contributed by atoms with van der Waals surface area (Å²) >= 11 is 0. The van der Waals surface area contributed by atoms with Gasteiger partial charge in [-0.15, -0.1) is 0 Å². The molecule has 1 atom stereocenters. The number of amides is 2. The fourth-order valence-electron chi connectivity index (χ4n) is 3.51. The molecule has 2 aromatic carbocycles. The Kier molecular flexibility index (Phi) is 7.65. The first-order valence-corrected chi connectivity index (χ1v) is 12.1. The van der Waals surface area contributed by atoms with Gasteiger partial charge in [0.05, 0.1) is 17.5 Å². The van der Waals surface area contributed by atoms with Crippen LogP contribution >= 0.6 is 0 Å². The number of benzene rings is 2. The van der Waals surface area contributed by atoms with E-state index in [-0.39, 0.29) is 23.3 Å². The summed E-state index contributed by atoms with van der Waals surface area (Å²) in [6.07, 6.45) is 0. The van der Waals surface area contributed by atoms with Crippen molar-refractivity contribution in [2.45, 2.75) is 31.7 Å². The number of nitrogens with zero attached hydrogens (tertiary/aromatic N) is 2. The smallest absolute Gasteiger partial charge is 0.241 e. The summed E-state index contributed by atoms with van der Waals surface area (Å²) in [6, 6.07) is 13.2. The van der Waals surface area contributed by atoms with Crippen LogP contribution in [-0.4, -0.2) is 68.8 Å². The molecule has 1 aliphatic heterocycles. The number of carbonyl (C=O) groups excluding carboxylic acids is 2. The minimum Gasteiger partial charge on any atom is -0.339 e. The fourth-order valence-corrected chi connectivity index (χ4v) is 4.71.